The van der Waals surface area contributed by atoms with Gasteiger partial charge in [0.05, 0.1) is 32.3 Å². The molecule has 1 amide bonds. The molecule has 1 N–H and O–H groups in total. The largest absolute Gasteiger partial charge is 0.480 e. The van der Waals surface area contributed by atoms with Gasteiger partial charge in [0.15, 0.2) is 22.7 Å². The van der Waals surface area contributed by atoms with Crippen LogP contribution in [0.2, 0.25) is 0 Å². The third-order valence-corrected chi connectivity index (χ3v) is 4.57. The minimum absolute atomic E-state index is 0.101. The van der Waals surface area contributed by atoms with Gasteiger partial charge in [0, 0.05) is 0 Å². The Hall–Kier alpha value is -2.51. The van der Waals surface area contributed by atoms with E-state index < -0.39 is 24.1 Å². The van der Waals surface area contributed by atoms with Crippen molar-refractivity contribution in [3.63, 3.8) is 0 Å². The van der Waals surface area contributed by atoms with Gasteiger partial charge in [0.1, 0.15) is 6.33 Å². The first kappa shape index (κ1) is 20.2. The Labute approximate surface area is 160 Å². The van der Waals surface area contributed by atoms with E-state index in [2.05, 4.69) is 20.3 Å². The summed E-state index contributed by atoms with van der Waals surface area (Å²) >= 11 is 0.607. The number of amides is 1. The Balaban J connectivity index is 1.93. The predicted molar refractivity (Wildman–Crippen MR) is 89.5 cm³/mol. The summed E-state index contributed by atoms with van der Waals surface area (Å²) in [5.41, 5.74) is -1.36. The van der Waals surface area contributed by atoms with Crippen molar-refractivity contribution in [2.75, 3.05) is 32.8 Å². The van der Waals surface area contributed by atoms with E-state index in [0.29, 0.717) is 17.8 Å². The molecule has 0 aromatic carbocycles. The maximum Gasteiger partial charge on any atom is 0.434 e. The summed E-state index contributed by atoms with van der Waals surface area (Å²) in [7, 11) is 2.55. The molecule has 0 saturated carbocycles. The van der Waals surface area contributed by atoms with Gasteiger partial charge < -0.3 is 18.9 Å². The molecule has 1 saturated heterocycles. The van der Waals surface area contributed by atoms with Gasteiger partial charge in [-0.2, -0.15) is 13.2 Å². The van der Waals surface area contributed by atoms with Crippen LogP contribution in [0.25, 0.3) is 0 Å². The number of ether oxygens (including phenoxy) is 4. The lowest BCUT2D eigenvalue weighted by molar-refractivity contribution is -0.188. The number of halogens is 3. The van der Waals surface area contributed by atoms with E-state index in [0.717, 1.165) is 6.33 Å². The van der Waals surface area contributed by atoms with Crippen LogP contribution in [0.5, 0.6) is 11.8 Å². The summed E-state index contributed by atoms with van der Waals surface area (Å²) < 4.78 is 60.6. The molecule has 2 aromatic heterocycles. The molecular formula is C15H15F3N4O5S. The molecule has 3 rings (SSSR count). The highest BCUT2D eigenvalue weighted by Crippen LogP contribution is 2.41. The molecule has 1 aliphatic heterocycles. The fraction of sp³-hybridized carbons (Fsp3) is 0.467. The molecule has 0 radical (unpaired) electrons. The molecule has 0 aliphatic carbocycles. The monoisotopic (exact) mass is 420 g/mol. The fourth-order valence-electron chi connectivity index (χ4n) is 2.41. The van der Waals surface area contributed by atoms with Crippen LogP contribution in [0.15, 0.2) is 6.33 Å². The normalized spacial score (nSPS) is 15.3. The number of alkyl halides is 3. The Morgan fingerprint density at radius 1 is 1.21 bits per heavy atom. The summed E-state index contributed by atoms with van der Waals surface area (Å²) in [6.07, 6.45) is -4.24. The molecule has 9 nitrogen and oxygen atoms in total. The van der Waals surface area contributed by atoms with Crippen LogP contribution < -0.4 is 14.8 Å². The molecule has 0 unspecified atom stereocenters. The van der Waals surface area contributed by atoms with Gasteiger partial charge in [-0.15, -0.1) is 0 Å². The molecule has 0 spiro atoms. The van der Waals surface area contributed by atoms with E-state index in [1.54, 1.807) is 0 Å². The van der Waals surface area contributed by atoms with Gasteiger partial charge in [0.25, 0.3) is 5.91 Å². The molecule has 28 heavy (non-hydrogen) atoms. The minimum atomic E-state index is -4.75. The fourth-order valence-corrected chi connectivity index (χ4v) is 3.38. The first-order valence-corrected chi connectivity index (χ1v) is 8.72. The average molecular weight is 420 g/mol. The molecule has 0 atom stereocenters. The molecule has 13 heteroatoms. The standard InChI is InChI=1S/C15H15F3N4O5S/c1-24-11-7(12(25-2)20-6-19-11)10(23)22-14-21-9(15(16,17)18)8(28-14)13-26-4-3-5-27-13/h6,13H,3-5H2,1-2H3,(H,21,22,23). The van der Waals surface area contributed by atoms with Crippen LogP contribution in [0.1, 0.15) is 33.6 Å². The molecule has 152 valence electrons. The number of rotatable bonds is 5. The Kier molecular flexibility index (Phi) is 5.96. The summed E-state index contributed by atoms with van der Waals surface area (Å²) in [5, 5.41) is 2.00. The third kappa shape index (κ3) is 4.15. The highest BCUT2D eigenvalue weighted by Gasteiger charge is 2.41. The van der Waals surface area contributed by atoms with Gasteiger partial charge in [-0.25, -0.2) is 15.0 Å². The molecule has 0 bridgehead atoms. The van der Waals surface area contributed by atoms with E-state index in [1.807, 2.05) is 0 Å². The number of hydrogen-bond donors (Lipinski definition) is 1. The minimum Gasteiger partial charge on any atom is -0.480 e. The zero-order chi connectivity index (χ0) is 20.3. The second-order valence-corrected chi connectivity index (χ2v) is 6.41. The second-order valence-electron chi connectivity index (χ2n) is 5.38. The van der Waals surface area contributed by atoms with Crippen molar-refractivity contribution in [2.45, 2.75) is 18.9 Å². The number of hydrogen-bond acceptors (Lipinski definition) is 9. The number of carbonyl (C=O) groups excluding carboxylic acids is 1. The van der Waals surface area contributed by atoms with Crippen molar-refractivity contribution in [1.29, 1.82) is 0 Å². The van der Waals surface area contributed by atoms with Crippen LogP contribution in [-0.2, 0) is 15.7 Å². The van der Waals surface area contributed by atoms with Gasteiger partial charge in [-0.3, -0.25) is 10.1 Å². The number of nitrogens with one attached hydrogen (secondary N) is 1. The van der Waals surface area contributed by atoms with Crippen LogP contribution in [-0.4, -0.2) is 48.3 Å². The van der Waals surface area contributed by atoms with Gasteiger partial charge in [0.2, 0.25) is 11.8 Å². The highest BCUT2D eigenvalue weighted by atomic mass is 32.1. The molecule has 1 aliphatic rings. The van der Waals surface area contributed by atoms with Crippen molar-refractivity contribution in [3.05, 3.63) is 22.5 Å². The van der Waals surface area contributed by atoms with Crippen molar-refractivity contribution in [3.8, 4) is 11.8 Å². The average Bonchev–Trinajstić information content (AvgIpc) is 3.12. The molecule has 1 fully saturated rings. The van der Waals surface area contributed by atoms with E-state index in [-0.39, 0.29) is 40.5 Å². The first-order chi connectivity index (χ1) is 13.3. The van der Waals surface area contributed by atoms with E-state index in [4.69, 9.17) is 18.9 Å². The summed E-state index contributed by atoms with van der Waals surface area (Å²) in [6, 6.07) is 0. The lowest BCUT2D eigenvalue weighted by atomic mass is 10.3. The third-order valence-electron chi connectivity index (χ3n) is 3.58. The van der Waals surface area contributed by atoms with E-state index in [9.17, 15) is 18.0 Å². The van der Waals surface area contributed by atoms with Crippen LogP contribution in [0.3, 0.4) is 0 Å². The number of aromatic nitrogens is 3. The van der Waals surface area contributed by atoms with Gasteiger partial charge in [-0.05, 0) is 6.42 Å². The van der Waals surface area contributed by atoms with Crippen molar-refractivity contribution in [1.82, 2.24) is 15.0 Å². The van der Waals surface area contributed by atoms with Crippen molar-refractivity contribution in [2.24, 2.45) is 0 Å². The summed E-state index contributed by atoms with van der Waals surface area (Å²) in [4.78, 5) is 23.4. The van der Waals surface area contributed by atoms with Crippen LogP contribution >= 0.6 is 11.3 Å². The van der Waals surface area contributed by atoms with E-state index in [1.165, 1.54) is 14.2 Å². The maximum atomic E-state index is 13.4. The zero-order valence-electron chi connectivity index (χ0n) is 14.7. The Morgan fingerprint density at radius 2 is 1.82 bits per heavy atom. The smallest absolute Gasteiger partial charge is 0.434 e. The number of anilines is 1. The lowest BCUT2D eigenvalue weighted by Crippen LogP contribution is -2.20. The number of nitrogens with zero attached hydrogens (tertiary/aromatic N) is 3. The Morgan fingerprint density at radius 3 is 2.36 bits per heavy atom. The lowest BCUT2D eigenvalue weighted by Gasteiger charge is -2.23. The maximum absolute atomic E-state index is 13.4. The zero-order valence-corrected chi connectivity index (χ0v) is 15.5. The van der Waals surface area contributed by atoms with Gasteiger partial charge >= 0.3 is 6.18 Å². The SMILES string of the molecule is COc1ncnc(OC)c1C(=O)Nc1nc(C(F)(F)F)c(C2OCCCO2)s1. The van der Waals surface area contributed by atoms with Crippen LogP contribution in [0, 0.1) is 0 Å². The topological polar surface area (TPSA) is 105 Å². The summed E-state index contributed by atoms with van der Waals surface area (Å²) in [5.74, 6) is -1.04. The van der Waals surface area contributed by atoms with Crippen molar-refractivity contribution < 1.29 is 36.9 Å². The number of carbonyl (C=O) groups is 1. The summed E-state index contributed by atoms with van der Waals surface area (Å²) in [6.45, 7) is 0.522. The number of methoxy groups -OCH3 is 2. The Bertz CT molecular complexity index is 832. The quantitative estimate of drug-likeness (QED) is 0.787. The molecular weight excluding hydrogens is 405 g/mol. The van der Waals surface area contributed by atoms with Gasteiger partial charge in [-0.1, -0.05) is 11.3 Å². The number of thiazole rings is 1. The highest BCUT2D eigenvalue weighted by molar-refractivity contribution is 7.16. The van der Waals surface area contributed by atoms with Crippen LogP contribution in [0.4, 0.5) is 18.3 Å². The van der Waals surface area contributed by atoms with Crippen molar-refractivity contribution >= 4 is 22.4 Å². The molecule has 3 heterocycles. The molecule has 2 aromatic rings. The predicted octanol–water partition coefficient (Wildman–Crippen LogP) is 2.66. The first-order valence-electron chi connectivity index (χ1n) is 7.90. The van der Waals surface area contributed by atoms with E-state index >= 15 is 0 Å². The second kappa shape index (κ2) is 8.24.